The van der Waals surface area contributed by atoms with Crippen molar-refractivity contribution in [2.75, 3.05) is 6.54 Å². The Labute approximate surface area is 123 Å². The van der Waals surface area contributed by atoms with E-state index in [1.54, 1.807) is 11.8 Å². The standard InChI is InChI=1S/C15H19N3OS/c1-10-3-5-12(6-4-10)20-9-14-17-15(19-18-14)13-7-8-16-11(13)2/h3-6,11,13,16H,7-9H2,1-2H3. The molecule has 3 rings (SSSR count). The number of aromatic nitrogens is 2. The average molecular weight is 289 g/mol. The molecule has 20 heavy (non-hydrogen) atoms. The molecule has 1 aromatic carbocycles. The van der Waals surface area contributed by atoms with Crippen LogP contribution >= 0.6 is 11.8 Å². The maximum absolute atomic E-state index is 5.41. The summed E-state index contributed by atoms with van der Waals surface area (Å²) in [6.45, 7) is 5.29. The molecule has 0 spiro atoms. The summed E-state index contributed by atoms with van der Waals surface area (Å²) >= 11 is 1.74. The summed E-state index contributed by atoms with van der Waals surface area (Å²) in [6, 6.07) is 8.92. The fourth-order valence-electron chi connectivity index (χ4n) is 2.46. The van der Waals surface area contributed by atoms with E-state index in [1.165, 1.54) is 10.5 Å². The van der Waals surface area contributed by atoms with E-state index in [0.717, 1.165) is 30.4 Å². The lowest BCUT2D eigenvalue weighted by Crippen LogP contribution is -2.21. The molecular weight excluding hydrogens is 270 g/mol. The quantitative estimate of drug-likeness (QED) is 0.876. The van der Waals surface area contributed by atoms with Gasteiger partial charge in [-0.25, -0.2) is 0 Å². The second kappa shape index (κ2) is 5.97. The molecule has 106 valence electrons. The van der Waals surface area contributed by atoms with Crippen molar-refractivity contribution in [3.8, 4) is 0 Å². The Bertz CT molecular complexity index is 567. The topological polar surface area (TPSA) is 51.0 Å². The van der Waals surface area contributed by atoms with Crippen molar-refractivity contribution in [1.29, 1.82) is 0 Å². The van der Waals surface area contributed by atoms with E-state index in [1.807, 2.05) is 0 Å². The summed E-state index contributed by atoms with van der Waals surface area (Å²) < 4.78 is 5.41. The monoisotopic (exact) mass is 289 g/mol. The minimum atomic E-state index is 0.362. The van der Waals surface area contributed by atoms with Crippen molar-refractivity contribution in [3.05, 3.63) is 41.5 Å². The van der Waals surface area contributed by atoms with Crippen molar-refractivity contribution in [2.24, 2.45) is 0 Å². The van der Waals surface area contributed by atoms with Crippen LogP contribution in [0.25, 0.3) is 0 Å². The summed E-state index contributed by atoms with van der Waals surface area (Å²) in [6.07, 6.45) is 1.08. The number of nitrogens with one attached hydrogen (secondary N) is 1. The Balaban J connectivity index is 1.61. The highest BCUT2D eigenvalue weighted by molar-refractivity contribution is 7.98. The third-order valence-electron chi connectivity index (χ3n) is 3.72. The van der Waals surface area contributed by atoms with Gasteiger partial charge in [0.25, 0.3) is 0 Å². The molecule has 0 saturated carbocycles. The fraction of sp³-hybridized carbons (Fsp3) is 0.467. The first-order valence-corrected chi connectivity index (χ1v) is 7.96. The zero-order valence-corrected chi connectivity index (χ0v) is 12.6. The molecule has 1 aliphatic rings. The Morgan fingerprint density at radius 3 is 2.85 bits per heavy atom. The second-order valence-corrected chi connectivity index (χ2v) is 6.34. The highest BCUT2D eigenvalue weighted by atomic mass is 32.2. The first-order valence-electron chi connectivity index (χ1n) is 6.98. The van der Waals surface area contributed by atoms with Crippen LogP contribution in [0.4, 0.5) is 0 Å². The average Bonchev–Trinajstić information content (AvgIpc) is 3.06. The van der Waals surface area contributed by atoms with E-state index >= 15 is 0 Å². The molecule has 4 nitrogen and oxygen atoms in total. The zero-order chi connectivity index (χ0) is 13.9. The molecule has 0 aliphatic carbocycles. The van der Waals surface area contributed by atoms with Gasteiger partial charge in [0.1, 0.15) is 0 Å². The molecule has 2 unspecified atom stereocenters. The number of hydrogen-bond donors (Lipinski definition) is 1. The minimum absolute atomic E-state index is 0.362. The van der Waals surface area contributed by atoms with Crippen LogP contribution in [0.3, 0.4) is 0 Å². The lowest BCUT2D eigenvalue weighted by molar-refractivity contribution is 0.342. The third kappa shape index (κ3) is 3.04. The van der Waals surface area contributed by atoms with Gasteiger partial charge in [0.2, 0.25) is 5.89 Å². The molecule has 0 amide bonds. The Morgan fingerprint density at radius 1 is 1.35 bits per heavy atom. The van der Waals surface area contributed by atoms with E-state index < -0.39 is 0 Å². The van der Waals surface area contributed by atoms with E-state index in [2.05, 4.69) is 53.6 Å². The molecule has 2 aromatic rings. The minimum Gasteiger partial charge on any atom is -0.339 e. The van der Waals surface area contributed by atoms with Gasteiger partial charge in [-0.15, -0.1) is 11.8 Å². The van der Waals surface area contributed by atoms with Gasteiger partial charge in [-0.1, -0.05) is 22.9 Å². The van der Waals surface area contributed by atoms with Gasteiger partial charge in [0, 0.05) is 10.9 Å². The SMILES string of the molecule is Cc1ccc(SCc2noc(C3CCNC3C)n2)cc1. The molecule has 2 heterocycles. The summed E-state index contributed by atoms with van der Waals surface area (Å²) in [5, 5.41) is 7.50. The summed E-state index contributed by atoms with van der Waals surface area (Å²) in [5.74, 6) is 2.67. The van der Waals surface area contributed by atoms with Gasteiger partial charge in [0.05, 0.1) is 11.7 Å². The van der Waals surface area contributed by atoms with Crippen molar-refractivity contribution < 1.29 is 4.52 Å². The van der Waals surface area contributed by atoms with Crippen LogP contribution < -0.4 is 5.32 Å². The van der Waals surface area contributed by atoms with Crippen LogP contribution in [0, 0.1) is 6.92 Å². The molecule has 2 atom stereocenters. The first-order chi connectivity index (χ1) is 9.72. The Hall–Kier alpha value is -1.33. The number of thioether (sulfide) groups is 1. The summed E-state index contributed by atoms with van der Waals surface area (Å²) in [4.78, 5) is 5.77. The fourth-order valence-corrected chi connectivity index (χ4v) is 3.20. The van der Waals surface area contributed by atoms with Crippen molar-refractivity contribution >= 4 is 11.8 Å². The zero-order valence-electron chi connectivity index (χ0n) is 11.8. The molecule has 1 saturated heterocycles. The molecule has 1 N–H and O–H groups in total. The summed E-state index contributed by atoms with van der Waals surface area (Å²) in [5.41, 5.74) is 1.28. The number of nitrogens with zero attached hydrogens (tertiary/aromatic N) is 2. The molecule has 0 radical (unpaired) electrons. The molecule has 0 bridgehead atoms. The highest BCUT2D eigenvalue weighted by Crippen LogP contribution is 2.27. The molecular formula is C15H19N3OS. The van der Waals surface area contributed by atoms with Crippen molar-refractivity contribution in [3.63, 3.8) is 0 Å². The molecule has 1 aliphatic heterocycles. The lowest BCUT2D eigenvalue weighted by atomic mass is 10.0. The number of rotatable bonds is 4. The second-order valence-electron chi connectivity index (χ2n) is 5.29. The van der Waals surface area contributed by atoms with Crippen molar-refractivity contribution in [2.45, 2.75) is 42.9 Å². The first kappa shape index (κ1) is 13.6. The normalized spacial score (nSPS) is 22.3. The van der Waals surface area contributed by atoms with Gasteiger partial charge in [-0.3, -0.25) is 0 Å². The van der Waals surface area contributed by atoms with E-state index in [-0.39, 0.29) is 0 Å². The van der Waals surface area contributed by atoms with Crippen LogP contribution in [0.2, 0.25) is 0 Å². The summed E-state index contributed by atoms with van der Waals surface area (Å²) in [7, 11) is 0. The third-order valence-corrected chi connectivity index (χ3v) is 4.72. The van der Waals surface area contributed by atoms with Crippen LogP contribution in [0.15, 0.2) is 33.7 Å². The van der Waals surface area contributed by atoms with Gasteiger partial charge < -0.3 is 9.84 Å². The van der Waals surface area contributed by atoms with E-state index in [9.17, 15) is 0 Å². The van der Waals surface area contributed by atoms with Gasteiger partial charge in [-0.05, 0) is 38.9 Å². The van der Waals surface area contributed by atoms with Gasteiger partial charge in [-0.2, -0.15) is 4.98 Å². The van der Waals surface area contributed by atoms with Gasteiger partial charge >= 0.3 is 0 Å². The van der Waals surface area contributed by atoms with Crippen LogP contribution in [-0.2, 0) is 5.75 Å². The predicted molar refractivity (Wildman–Crippen MR) is 79.9 cm³/mol. The van der Waals surface area contributed by atoms with Crippen LogP contribution in [0.1, 0.15) is 36.5 Å². The number of benzene rings is 1. The molecule has 1 fully saturated rings. The highest BCUT2D eigenvalue weighted by Gasteiger charge is 2.29. The Morgan fingerprint density at radius 2 is 2.15 bits per heavy atom. The number of aryl methyl sites for hydroxylation is 1. The van der Waals surface area contributed by atoms with E-state index in [0.29, 0.717) is 12.0 Å². The van der Waals surface area contributed by atoms with Crippen LogP contribution in [-0.4, -0.2) is 22.7 Å². The van der Waals surface area contributed by atoms with Gasteiger partial charge in [0.15, 0.2) is 5.82 Å². The van der Waals surface area contributed by atoms with E-state index in [4.69, 9.17) is 4.52 Å². The van der Waals surface area contributed by atoms with Crippen LogP contribution in [0.5, 0.6) is 0 Å². The largest absolute Gasteiger partial charge is 0.339 e. The predicted octanol–water partition coefficient (Wildman–Crippen LogP) is 3.14. The Kier molecular flexibility index (Phi) is 4.08. The maximum Gasteiger partial charge on any atom is 0.231 e. The van der Waals surface area contributed by atoms with Crippen molar-refractivity contribution in [1.82, 2.24) is 15.5 Å². The molecule has 5 heteroatoms. The molecule has 1 aromatic heterocycles. The maximum atomic E-state index is 5.41. The number of hydrogen-bond acceptors (Lipinski definition) is 5. The lowest BCUT2D eigenvalue weighted by Gasteiger charge is -2.08. The smallest absolute Gasteiger partial charge is 0.231 e.